The van der Waals surface area contributed by atoms with Crippen LogP contribution in [0.4, 0.5) is 0 Å². The molecule has 218 valence electrons. The van der Waals surface area contributed by atoms with Gasteiger partial charge in [-0.05, 0) is 83.6 Å². The van der Waals surface area contributed by atoms with Gasteiger partial charge < -0.3 is 24.6 Å². The molecule has 0 amide bonds. The van der Waals surface area contributed by atoms with Gasteiger partial charge >= 0.3 is 0 Å². The lowest BCUT2D eigenvalue weighted by Gasteiger charge is -2.46. The molecule has 0 bridgehead atoms. The van der Waals surface area contributed by atoms with Gasteiger partial charge in [0.1, 0.15) is 12.0 Å². The summed E-state index contributed by atoms with van der Waals surface area (Å²) in [6.07, 6.45) is 8.72. The van der Waals surface area contributed by atoms with Crippen molar-refractivity contribution >= 4 is 11.0 Å². The van der Waals surface area contributed by atoms with Crippen LogP contribution in [0.15, 0.2) is 36.7 Å². The quantitative estimate of drug-likeness (QED) is 0.292. The molecular formula is C30H39N7O4. The highest BCUT2D eigenvalue weighted by molar-refractivity contribution is 5.85. The third-order valence-corrected chi connectivity index (χ3v) is 7.92. The summed E-state index contributed by atoms with van der Waals surface area (Å²) in [5.41, 5.74) is 3.62. The van der Waals surface area contributed by atoms with Crippen molar-refractivity contribution in [1.29, 1.82) is 0 Å². The zero-order chi connectivity index (χ0) is 28.8. The van der Waals surface area contributed by atoms with Gasteiger partial charge in [-0.3, -0.25) is 0 Å². The Morgan fingerprint density at radius 2 is 1.88 bits per heavy atom. The molecule has 3 aromatic heterocycles. The first kappa shape index (κ1) is 27.6. The van der Waals surface area contributed by atoms with E-state index in [4.69, 9.17) is 14.2 Å². The van der Waals surface area contributed by atoms with E-state index < -0.39 is 0 Å². The van der Waals surface area contributed by atoms with Crippen molar-refractivity contribution in [3.05, 3.63) is 36.7 Å². The smallest absolute Gasteiger partial charge is 0.240 e. The molecule has 2 saturated heterocycles. The number of nitrogens with zero attached hydrogens (tertiary/aromatic N) is 6. The van der Waals surface area contributed by atoms with E-state index in [1.54, 1.807) is 7.11 Å². The molecule has 2 N–H and O–H groups in total. The van der Waals surface area contributed by atoms with Crippen molar-refractivity contribution in [3.8, 4) is 34.0 Å². The summed E-state index contributed by atoms with van der Waals surface area (Å²) in [6.45, 7) is 9.60. The number of hydrogen-bond acceptors (Lipinski definition) is 9. The highest BCUT2D eigenvalue weighted by Gasteiger charge is 2.39. The zero-order valence-corrected chi connectivity index (χ0v) is 24.4. The Kier molecular flexibility index (Phi) is 7.21. The van der Waals surface area contributed by atoms with Gasteiger partial charge in [0.15, 0.2) is 12.4 Å². The van der Waals surface area contributed by atoms with Crippen molar-refractivity contribution in [2.75, 3.05) is 20.5 Å². The van der Waals surface area contributed by atoms with Crippen LogP contribution in [0.25, 0.3) is 33.4 Å². The second-order valence-corrected chi connectivity index (χ2v) is 12.5. The van der Waals surface area contributed by atoms with E-state index in [1.807, 2.05) is 46.0 Å². The fraction of sp³-hybridized carbons (Fsp3) is 0.533. The largest absolute Gasteiger partial charge is 0.492 e. The Hall–Kier alpha value is -3.54. The number of methoxy groups -OCH3 is 1. The second kappa shape index (κ2) is 10.7. The fourth-order valence-corrected chi connectivity index (χ4v) is 6.48. The molecule has 2 fully saturated rings. The highest BCUT2D eigenvalue weighted by Crippen LogP contribution is 2.40. The molecule has 0 radical (unpaired) electrons. The molecule has 11 nitrogen and oxygen atoms in total. The van der Waals surface area contributed by atoms with Gasteiger partial charge in [-0.15, -0.1) is 15.3 Å². The van der Waals surface area contributed by atoms with Crippen LogP contribution in [0, 0.1) is 0 Å². The van der Waals surface area contributed by atoms with Crippen LogP contribution < -0.4 is 10.1 Å². The van der Waals surface area contributed by atoms with Crippen LogP contribution >= 0.6 is 0 Å². The van der Waals surface area contributed by atoms with Gasteiger partial charge in [0.25, 0.3) is 0 Å². The number of aromatic hydroxyl groups is 1. The molecule has 0 spiro atoms. The summed E-state index contributed by atoms with van der Waals surface area (Å²) in [7, 11) is 1.58. The van der Waals surface area contributed by atoms with E-state index in [2.05, 4.69) is 53.4 Å². The molecule has 6 rings (SSSR count). The van der Waals surface area contributed by atoms with E-state index in [0.29, 0.717) is 22.5 Å². The number of fused-ring (bicyclic) bond motifs is 1. The van der Waals surface area contributed by atoms with E-state index >= 15 is 0 Å². The molecule has 1 aromatic carbocycles. The maximum absolute atomic E-state index is 10.9. The summed E-state index contributed by atoms with van der Waals surface area (Å²) < 4.78 is 20.8. The van der Waals surface area contributed by atoms with Crippen LogP contribution in [-0.4, -0.2) is 66.5 Å². The third kappa shape index (κ3) is 5.66. The standard InChI is InChI=1S/C30H39N7O4/c1-29(2)14-21(15-30(3,4)35-29)37-27-23(28(38)34-37)13-24(32-33-27)22-10-9-19(12-25(22)41-18-39-5)20-16-31-36(17-20)26-8-6-7-11-40-26/h9-10,12-13,16-17,21,26,35H,6-8,11,14-15,18H2,1-5H3,(H,34,38). The number of benzene rings is 1. The molecule has 4 aromatic rings. The van der Waals surface area contributed by atoms with Crippen LogP contribution in [-0.2, 0) is 9.47 Å². The Balaban J connectivity index is 1.33. The molecule has 1 atom stereocenters. The Morgan fingerprint density at radius 1 is 1.07 bits per heavy atom. The summed E-state index contributed by atoms with van der Waals surface area (Å²) in [6, 6.07) is 7.80. The summed E-state index contributed by atoms with van der Waals surface area (Å²) in [5.74, 6) is 0.534. The lowest BCUT2D eigenvalue weighted by Crippen LogP contribution is -2.58. The second-order valence-electron chi connectivity index (χ2n) is 12.5. The minimum atomic E-state index is -0.0804. The van der Waals surface area contributed by atoms with Gasteiger partial charge in [0.2, 0.25) is 5.88 Å². The summed E-state index contributed by atoms with van der Waals surface area (Å²) in [4.78, 5) is 0. The number of hydrogen-bond donors (Lipinski definition) is 2. The molecule has 2 aliphatic rings. The van der Waals surface area contributed by atoms with Gasteiger partial charge in [-0.1, -0.05) is 6.07 Å². The average Bonchev–Trinajstić information content (AvgIpc) is 3.56. The van der Waals surface area contributed by atoms with Crippen LogP contribution in [0.2, 0.25) is 0 Å². The number of piperidine rings is 1. The fourth-order valence-electron chi connectivity index (χ4n) is 6.48. The topological polar surface area (TPSA) is 121 Å². The molecular weight excluding hydrogens is 522 g/mol. The minimum absolute atomic E-state index is 0.0291. The number of ether oxygens (including phenoxy) is 3. The molecule has 1 unspecified atom stereocenters. The summed E-state index contributed by atoms with van der Waals surface area (Å²) >= 11 is 0. The Labute approximate surface area is 239 Å². The first-order valence-corrected chi connectivity index (χ1v) is 14.3. The molecule has 5 heterocycles. The van der Waals surface area contributed by atoms with Crippen molar-refractivity contribution in [2.24, 2.45) is 0 Å². The molecule has 0 aliphatic carbocycles. The zero-order valence-electron chi connectivity index (χ0n) is 24.4. The van der Waals surface area contributed by atoms with Gasteiger partial charge in [-0.2, -0.15) is 5.10 Å². The van der Waals surface area contributed by atoms with Crippen molar-refractivity contribution in [1.82, 2.24) is 35.1 Å². The van der Waals surface area contributed by atoms with Crippen molar-refractivity contribution in [3.63, 3.8) is 0 Å². The SMILES string of the molecule is COCOc1cc(-c2cnn(C3CCCCO3)c2)ccc1-c1cc2c(O)nn(C3CC(C)(C)NC(C)(C)C3)c2nn1. The molecule has 11 heteroatoms. The van der Waals surface area contributed by atoms with E-state index in [9.17, 15) is 5.11 Å². The number of nitrogens with one attached hydrogen (secondary N) is 1. The van der Waals surface area contributed by atoms with Crippen LogP contribution in [0.1, 0.15) is 72.1 Å². The Bertz CT molecular complexity index is 1520. The average molecular weight is 562 g/mol. The lowest BCUT2D eigenvalue weighted by molar-refractivity contribution is -0.0394. The molecule has 0 saturated carbocycles. The number of rotatable bonds is 7. The first-order chi connectivity index (χ1) is 19.6. The third-order valence-electron chi connectivity index (χ3n) is 7.92. The van der Waals surface area contributed by atoms with Crippen molar-refractivity contribution in [2.45, 2.75) is 83.1 Å². The maximum Gasteiger partial charge on any atom is 0.240 e. The number of aromatic nitrogens is 6. The molecule has 41 heavy (non-hydrogen) atoms. The van der Waals surface area contributed by atoms with Gasteiger partial charge in [0.05, 0.1) is 23.3 Å². The van der Waals surface area contributed by atoms with Crippen molar-refractivity contribution < 1.29 is 19.3 Å². The monoisotopic (exact) mass is 561 g/mol. The molecule has 2 aliphatic heterocycles. The predicted octanol–water partition coefficient (Wildman–Crippen LogP) is 5.23. The summed E-state index contributed by atoms with van der Waals surface area (Å²) in [5, 5.41) is 33.3. The van der Waals surface area contributed by atoms with E-state index in [0.717, 1.165) is 55.4 Å². The highest BCUT2D eigenvalue weighted by atomic mass is 16.7. The Morgan fingerprint density at radius 3 is 2.61 bits per heavy atom. The van der Waals surface area contributed by atoms with Crippen LogP contribution in [0.3, 0.4) is 0 Å². The lowest BCUT2D eigenvalue weighted by atomic mass is 9.79. The van der Waals surface area contributed by atoms with Gasteiger partial charge in [0, 0.05) is 42.1 Å². The van der Waals surface area contributed by atoms with E-state index in [1.165, 1.54) is 0 Å². The minimum Gasteiger partial charge on any atom is -0.492 e. The van der Waals surface area contributed by atoms with Gasteiger partial charge in [-0.25, -0.2) is 9.36 Å². The normalized spacial score (nSPS) is 20.9. The van der Waals surface area contributed by atoms with Crippen LogP contribution in [0.5, 0.6) is 11.6 Å². The van der Waals surface area contributed by atoms with E-state index in [-0.39, 0.29) is 36.0 Å². The predicted molar refractivity (Wildman–Crippen MR) is 155 cm³/mol. The maximum atomic E-state index is 10.9. The first-order valence-electron chi connectivity index (χ1n) is 14.3.